The molecule has 2 saturated heterocycles. The molecule has 0 bridgehead atoms. The molecular formula is C21H27N3O3. The smallest absolute Gasteiger partial charge is 0.274 e. The number of piperidine rings is 1. The fourth-order valence-corrected chi connectivity index (χ4v) is 4.85. The van der Waals surface area contributed by atoms with E-state index in [2.05, 4.69) is 10.6 Å². The minimum Gasteiger partial charge on any atom is -0.347 e. The number of hydrogen-bond acceptors (Lipinski definition) is 4. The number of rotatable bonds is 2. The third-order valence-electron chi connectivity index (χ3n) is 6.37. The van der Waals surface area contributed by atoms with E-state index >= 15 is 0 Å². The summed E-state index contributed by atoms with van der Waals surface area (Å²) < 4.78 is 13.7. The van der Waals surface area contributed by atoms with Crippen molar-refractivity contribution in [2.24, 2.45) is 0 Å². The van der Waals surface area contributed by atoms with E-state index < -0.39 is 5.79 Å². The molecule has 0 unspecified atom stereocenters. The number of likely N-dealkylation sites (tertiary alicyclic amines) is 1. The number of amides is 1. The van der Waals surface area contributed by atoms with Crippen molar-refractivity contribution in [1.29, 1.82) is 0 Å². The lowest BCUT2D eigenvalue weighted by molar-refractivity contribution is -0.181. The van der Waals surface area contributed by atoms with E-state index in [4.69, 9.17) is 14.5 Å². The number of imidazole rings is 1. The third-order valence-corrected chi connectivity index (χ3v) is 6.37. The Bertz CT molecular complexity index is 824. The van der Waals surface area contributed by atoms with E-state index in [-0.39, 0.29) is 5.91 Å². The van der Waals surface area contributed by atoms with Crippen LogP contribution in [0.25, 0.3) is 5.52 Å². The van der Waals surface area contributed by atoms with Gasteiger partial charge in [-0.2, -0.15) is 0 Å². The van der Waals surface area contributed by atoms with Crippen LogP contribution in [-0.4, -0.2) is 52.3 Å². The molecular weight excluding hydrogens is 342 g/mol. The summed E-state index contributed by atoms with van der Waals surface area (Å²) in [7, 11) is 0. The van der Waals surface area contributed by atoms with Crippen LogP contribution >= 0.6 is 0 Å². The number of carbonyl (C=O) groups excluding carboxylic acids is 1. The lowest BCUT2D eigenvalue weighted by Crippen LogP contribution is -2.47. The zero-order chi connectivity index (χ0) is 18.3. The van der Waals surface area contributed by atoms with Crippen LogP contribution < -0.4 is 0 Å². The largest absolute Gasteiger partial charge is 0.347 e. The Morgan fingerprint density at radius 2 is 1.81 bits per heavy atom. The summed E-state index contributed by atoms with van der Waals surface area (Å²) in [5.41, 5.74) is 1.53. The zero-order valence-electron chi connectivity index (χ0n) is 15.7. The van der Waals surface area contributed by atoms with Crippen molar-refractivity contribution >= 4 is 11.4 Å². The molecule has 3 aliphatic rings. The highest BCUT2D eigenvalue weighted by molar-refractivity contribution is 5.99. The zero-order valence-corrected chi connectivity index (χ0v) is 15.7. The van der Waals surface area contributed by atoms with Crippen molar-refractivity contribution in [2.75, 3.05) is 26.3 Å². The van der Waals surface area contributed by atoms with E-state index in [1.165, 1.54) is 32.1 Å². The highest BCUT2D eigenvalue weighted by atomic mass is 16.7. The number of pyridine rings is 1. The average molecular weight is 369 g/mol. The Hall–Kier alpha value is -1.92. The van der Waals surface area contributed by atoms with Gasteiger partial charge in [0.05, 0.1) is 18.7 Å². The Morgan fingerprint density at radius 3 is 2.56 bits per heavy atom. The third kappa shape index (κ3) is 3.05. The van der Waals surface area contributed by atoms with Crippen LogP contribution in [0, 0.1) is 0 Å². The molecule has 6 nitrogen and oxygen atoms in total. The number of nitrogens with zero attached hydrogens (tertiary/aromatic N) is 3. The Kier molecular flexibility index (Phi) is 4.40. The summed E-state index contributed by atoms with van der Waals surface area (Å²) in [6, 6.07) is 6.03. The van der Waals surface area contributed by atoms with Gasteiger partial charge in [-0.1, -0.05) is 25.3 Å². The SMILES string of the molecule is O=C(c1nc(C2CCCCC2)n2ccccc12)N1CCC2(CC1)OCCO2. The monoisotopic (exact) mass is 369 g/mol. The maximum atomic E-state index is 13.3. The molecule has 0 atom stereocenters. The van der Waals surface area contributed by atoms with Crippen LogP contribution in [0.3, 0.4) is 0 Å². The highest BCUT2D eigenvalue weighted by Gasteiger charge is 2.41. The van der Waals surface area contributed by atoms with Gasteiger partial charge in [0.25, 0.3) is 5.91 Å². The molecule has 1 amide bonds. The molecule has 0 radical (unpaired) electrons. The predicted octanol–water partition coefficient (Wildman–Crippen LogP) is 3.36. The van der Waals surface area contributed by atoms with Crippen LogP contribution in [0.4, 0.5) is 0 Å². The van der Waals surface area contributed by atoms with Crippen molar-refractivity contribution < 1.29 is 14.3 Å². The second-order valence-electron chi connectivity index (χ2n) is 8.01. The predicted molar refractivity (Wildman–Crippen MR) is 101 cm³/mol. The molecule has 1 saturated carbocycles. The number of hydrogen-bond donors (Lipinski definition) is 0. The van der Waals surface area contributed by atoms with Gasteiger partial charge in [-0.15, -0.1) is 0 Å². The topological polar surface area (TPSA) is 56.1 Å². The average Bonchev–Trinajstić information content (AvgIpc) is 3.34. The molecule has 6 heteroatoms. The molecule has 0 aromatic carbocycles. The van der Waals surface area contributed by atoms with Crippen LogP contribution in [0.5, 0.6) is 0 Å². The van der Waals surface area contributed by atoms with Gasteiger partial charge in [0.1, 0.15) is 5.82 Å². The van der Waals surface area contributed by atoms with Crippen LogP contribution in [0.15, 0.2) is 24.4 Å². The Morgan fingerprint density at radius 1 is 1.07 bits per heavy atom. The summed E-state index contributed by atoms with van der Waals surface area (Å²) in [5.74, 6) is 1.10. The number of aromatic nitrogens is 2. The second-order valence-corrected chi connectivity index (χ2v) is 8.01. The number of carbonyl (C=O) groups is 1. The van der Waals surface area contributed by atoms with E-state index in [0.29, 0.717) is 37.9 Å². The molecule has 0 N–H and O–H groups in total. The first-order valence-corrected chi connectivity index (χ1v) is 10.3. The van der Waals surface area contributed by atoms with Gasteiger partial charge in [0.2, 0.25) is 0 Å². The molecule has 5 rings (SSSR count). The van der Waals surface area contributed by atoms with Gasteiger partial charge < -0.3 is 18.8 Å². The number of fused-ring (bicyclic) bond motifs is 1. The maximum absolute atomic E-state index is 13.3. The first-order valence-electron chi connectivity index (χ1n) is 10.3. The van der Waals surface area contributed by atoms with Crippen molar-refractivity contribution in [3.05, 3.63) is 35.9 Å². The number of ether oxygens (including phenoxy) is 2. The molecule has 4 heterocycles. The van der Waals surface area contributed by atoms with Crippen molar-refractivity contribution in [3.8, 4) is 0 Å². The minimum atomic E-state index is -0.458. The lowest BCUT2D eigenvalue weighted by Gasteiger charge is -2.37. The van der Waals surface area contributed by atoms with E-state index in [9.17, 15) is 4.79 Å². The van der Waals surface area contributed by atoms with Crippen molar-refractivity contribution in [2.45, 2.75) is 56.7 Å². The summed E-state index contributed by atoms with van der Waals surface area (Å²) in [6.07, 6.45) is 9.68. The van der Waals surface area contributed by atoms with Crippen molar-refractivity contribution in [3.63, 3.8) is 0 Å². The Balaban J connectivity index is 1.42. The first-order chi connectivity index (χ1) is 13.3. The minimum absolute atomic E-state index is 0.0357. The fourth-order valence-electron chi connectivity index (χ4n) is 4.85. The molecule has 2 aromatic heterocycles. The quantitative estimate of drug-likeness (QED) is 0.814. The fraction of sp³-hybridized carbons (Fsp3) is 0.619. The molecule has 2 aromatic rings. The molecule has 2 aliphatic heterocycles. The molecule has 3 fully saturated rings. The van der Waals surface area contributed by atoms with Crippen LogP contribution in [0.1, 0.15) is 67.2 Å². The van der Waals surface area contributed by atoms with Crippen molar-refractivity contribution in [1.82, 2.24) is 14.3 Å². The maximum Gasteiger partial charge on any atom is 0.274 e. The van der Waals surface area contributed by atoms with Gasteiger partial charge in [-0.05, 0) is 25.0 Å². The standard InChI is InChI=1S/C21H27N3O3/c25-20(23-12-9-21(10-13-23)26-14-15-27-21)18-17-8-4-5-11-24(17)19(22-18)16-6-2-1-3-7-16/h4-5,8,11,16H,1-3,6-7,9-10,12-15H2. The summed E-state index contributed by atoms with van der Waals surface area (Å²) in [6.45, 7) is 2.63. The lowest BCUT2D eigenvalue weighted by atomic mass is 9.89. The van der Waals surface area contributed by atoms with Gasteiger partial charge in [-0.25, -0.2) is 4.98 Å². The van der Waals surface area contributed by atoms with E-state index in [1.54, 1.807) is 0 Å². The molecule has 27 heavy (non-hydrogen) atoms. The molecule has 1 spiro atoms. The van der Waals surface area contributed by atoms with Gasteiger partial charge in [0, 0.05) is 38.0 Å². The van der Waals surface area contributed by atoms with Gasteiger partial charge in [-0.3, -0.25) is 4.79 Å². The van der Waals surface area contributed by atoms with E-state index in [0.717, 1.165) is 24.2 Å². The molecule has 144 valence electrons. The van der Waals surface area contributed by atoms with E-state index in [1.807, 2.05) is 23.1 Å². The van der Waals surface area contributed by atoms with Crippen LogP contribution in [-0.2, 0) is 9.47 Å². The summed E-state index contributed by atoms with van der Waals surface area (Å²) in [4.78, 5) is 20.1. The summed E-state index contributed by atoms with van der Waals surface area (Å²) in [5, 5.41) is 0. The van der Waals surface area contributed by atoms with Crippen LogP contribution in [0.2, 0.25) is 0 Å². The van der Waals surface area contributed by atoms with Gasteiger partial charge >= 0.3 is 0 Å². The highest BCUT2D eigenvalue weighted by Crippen LogP contribution is 2.35. The van der Waals surface area contributed by atoms with Gasteiger partial charge in [0.15, 0.2) is 11.5 Å². The molecule has 1 aliphatic carbocycles. The summed E-state index contributed by atoms with van der Waals surface area (Å²) >= 11 is 0. The normalized spacial score (nSPS) is 23.3. The first kappa shape index (κ1) is 17.2. The second kappa shape index (κ2) is 6.91. The Labute approximate surface area is 159 Å².